The molecule has 10 aliphatic rings. The molecule has 5 fully saturated rings. The zero-order valence-corrected chi connectivity index (χ0v) is 83.8. The Morgan fingerprint density at radius 3 is 0.777 bits per heavy atom. The van der Waals surface area contributed by atoms with Crippen molar-refractivity contribution < 1.29 is 28.4 Å². The normalized spacial score (nSPS) is 18.1. The Morgan fingerprint density at radius 2 is 0.511 bits per heavy atom. The molecule has 0 unspecified atom stereocenters. The number of Topliss-reactive ketones (excluding diaryl/α,β-unsaturated/α-hetero) is 5. The van der Waals surface area contributed by atoms with E-state index in [1.807, 2.05) is 103 Å². The average Bonchev–Trinajstić information content (AvgIpc) is 1.61. The molecule has 5 aliphatic carbocycles. The maximum absolute atomic E-state index is 14.7. The highest BCUT2D eigenvalue weighted by atomic mass is 127. The average molecular weight is 2080 g/mol. The molecule has 139 heavy (non-hydrogen) atoms. The number of rotatable bonds is 15. The number of nitrogens with zero attached hydrogens (tertiary/aromatic N) is 15. The Kier molecular flexibility index (Phi) is 25.0. The Bertz CT molecular complexity index is 7010. The van der Waals surface area contributed by atoms with E-state index in [1.54, 1.807) is 71.5 Å². The van der Waals surface area contributed by atoms with Crippen molar-refractivity contribution in [3.63, 3.8) is 0 Å². The van der Waals surface area contributed by atoms with Gasteiger partial charge in [-0.05, 0) is 292 Å². The van der Waals surface area contributed by atoms with Gasteiger partial charge in [0.05, 0.1) is 116 Å². The molecule has 10 aromatic carbocycles. The second-order valence-corrected chi connectivity index (χ2v) is 40.6. The van der Waals surface area contributed by atoms with Crippen molar-refractivity contribution in [1.29, 1.82) is 0 Å². The number of halogens is 4. The minimum absolute atomic E-state index is 0.0230. The summed E-state index contributed by atoms with van der Waals surface area (Å²) in [6.07, 6.45) is 21.1. The van der Waals surface area contributed by atoms with Gasteiger partial charge in [-0.25, -0.2) is 29.3 Å². The van der Waals surface area contributed by atoms with Gasteiger partial charge in [-0.15, -0.1) is 0 Å². The zero-order valence-electron chi connectivity index (χ0n) is 78.8. The molecule has 0 spiro atoms. The number of hydrogen-bond donors (Lipinski definition) is 0. The van der Waals surface area contributed by atoms with E-state index in [4.69, 9.17) is 36.6 Å². The number of benzene rings is 10. The van der Waals surface area contributed by atoms with Gasteiger partial charge in [-0.2, -0.15) is 0 Å². The quantitative estimate of drug-likeness (QED) is 0.0695. The van der Waals surface area contributed by atoms with Gasteiger partial charge in [0.1, 0.15) is 65.9 Å². The summed E-state index contributed by atoms with van der Waals surface area (Å²) >= 11 is 11.3. The van der Waals surface area contributed by atoms with Crippen LogP contribution in [0.5, 0.6) is 0 Å². The molecule has 15 aromatic rings. The third-order valence-corrected chi connectivity index (χ3v) is 30.0. The van der Waals surface area contributed by atoms with Gasteiger partial charge < -0.3 is 0 Å². The summed E-state index contributed by atoms with van der Waals surface area (Å²) in [4.78, 5) is 108. The molecule has 5 aliphatic heterocycles. The van der Waals surface area contributed by atoms with E-state index in [2.05, 4.69) is 225 Å². The van der Waals surface area contributed by atoms with Crippen LogP contribution >= 0.6 is 56.8 Å². The number of ketones is 5. The van der Waals surface area contributed by atoms with E-state index in [9.17, 15) is 28.4 Å². The second kappa shape index (κ2) is 37.8. The van der Waals surface area contributed by atoms with E-state index in [1.165, 1.54) is 112 Å². The minimum Gasteiger partial charge on any atom is -0.300 e. The molecule has 10 heterocycles. The van der Waals surface area contributed by atoms with Crippen LogP contribution in [0.25, 0.3) is 28.4 Å². The first kappa shape index (κ1) is 92.0. The first-order valence-electron chi connectivity index (χ1n) is 47.9. The summed E-state index contributed by atoms with van der Waals surface area (Å²) in [7, 11) is 0. The lowest BCUT2D eigenvalue weighted by atomic mass is 9.96. The molecule has 24 heteroatoms. The SMILES string of the molecule is CC(=O)c1ncn2c1[C@@H](C)N=C(c1ccccc1Cl)c1cc(C3CC3)ccc1-2.CC(=O)c1ncn2c1[C@@H](C)N=C(c1ccccc1F)c1cc(C3CC3)ccc1-2.CC(=O)c1ncn2c1[C@@H](C)N=C(c1ccccc1I)c1cc(C3CC3)ccc1-2.CC(=O)c1ncn2c1[C@H](C)N=C(c1ccccc1)c1cc(C3CC3)ccc1-2.CC(=O)c1ncn2c1[C@H](C)N=C(c1ccccc1I)c1cc(C3CC3)ccc1-2. The fourth-order valence-corrected chi connectivity index (χ4v) is 21.7. The lowest BCUT2D eigenvalue weighted by Crippen LogP contribution is -2.09. The number of aliphatic imine (C=N–C) groups is 5. The van der Waals surface area contributed by atoms with Gasteiger partial charge in [-0.3, -0.25) is 71.8 Å². The minimum atomic E-state index is -0.326. The van der Waals surface area contributed by atoms with E-state index < -0.39 is 0 Å². The predicted molar refractivity (Wildman–Crippen MR) is 561 cm³/mol. The van der Waals surface area contributed by atoms with Crippen LogP contribution < -0.4 is 0 Å². The van der Waals surface area contributed by atoms with E-state index in [0.29, 0.717) is 74.4 Å². The number of aromatic nitrogens is 10. The first-order chi connectivity index (χ1) is 67.3. The maximum Gasteiger partial charge on any atom is 0.180 e. The van der Waals surface area contributed by atoms with Crippen LogP contribution in [0, 0.1) is 13.0 Å². The Labute approximate surface area is 838 Å². The third kappa shape index (κ3) is 17.9. The van der Waals surface area contributed by atoms with Crippen LogP contribution in [0.2, 0.25) is 5.02 Å². The topological polar surface area (TPSA) is 236 Å². The first-order valence-corrected chi connectivity index (χ1v) is 50.4. The van der Waals surface area contributed by atoms with Crippen molar-refractivity contribution in [3.05, 3.63) is 408 Å². The van der Waals surface area contributed by atoms with Crippen LogP contribution in [-0.4, -0.2) is 105 Å². The zero-order chi connectivity index (χ0) is 96.2. The molecule has 5 aromatic heterocycles. The summed E-state index contributed by atoms with van der Waals surface area (Å²) in [5.74, 6) is 2.69. The third-order valence-electron chi connectivity index (χ3n) is 27.8. The number of fused-ring (bicyclic) bond motifs is 15. The summed E-state index contributed by atoms with van der Waals surface area (Å²) in [5.41, 5.74) is 32.8. The molecule has 0 radical (unpaired) electrons. The van der Waals surface area contributed by atoms with Crippen LogP contribution in [-0.2, 0) is 0 Å². The highest BCUT2D eigenvalue weighted by Crippen LogP contribution is 2.49. The van der Waals surface area contributed by atoms with Crippen LogP contribution in [0.1, 0.15) is 358 Å². The molecular weight excluding hydrogens is 1980 g/mol. The summed E-state index contributed by atoms with van der Waals surface area (Å²) in [6, 6.07) is 73.4. The number of carbonyl (C=O) groups excluding carboxylic acids is 5. The van der Waals surface area contributed by atoms with Gasteiger partial charge in [0.2, 0.25) is 0 Å². The fourth-order valence-electron chi connectivity index (χ4n) is 20.1. The van der Waals surface area contributed by atoms with Crippen LogP contribution in [0.4, 0.5) is 4.39 Å². The maximum atomic E-state index is 14.7. The lowest BCUT2D eigenvalue weighted by Gasteiger charge is -2.14. The van der Waals surface area contributed by atoms with Crippen molar-refractivity contribution >= 4 is 114 Å². The van der Waals surface area contributed by atoms with Crippen molar-refractivity contribution in [2.45, 2.75) is 193 Å². The Morgan fingerprint density at radius 1 is 0.281 bits per heavy atom. The molecule has 5 atom stereocenters. The Balaban J connectivity index is 0.000000103. The summed E-state index contributed by atoms with van der Waals surface area (Å²) in [5, 5.41) is 0.674. The number of hydrogen-bond acceptors (Lipinski definition) is 15. The Hall–Kier alpha value is -13.4. The van der Waals surface area contributed by atoms with Gasteiger partial charge in [0, 0.05) is 102 Å². The predicted octanol–water partition coefficient (Wildman–Crippen LogP) is 26.3. The molecule has 20 nitrogen and oxygen atoms in total. The monoisotopic (exact) mass is 2080 g/mol. The van der Waals surface area contributed by atoms with Crippen molar-refractivity contribution in [2.24, 2.45) is 25.0 Å². The molecule has 25 rings (SSSR count). The van der Waals surface area contributed by atoms with Crippen molar-refractivity contribution in [3.8, 4) is 28.4 Å². The molecule has 0 N–H and O–H groups in total. The summed E-state index contributed by atoms with van der Waals surface area (Å²) in [6.45, 7) is 17.8. The molecular formula is C115H101ClFI2N15O5. The highest BCUT2D eigenvalue weighted by Gasteiger charge is 2.39. The van der Waals surface area contributed by atoms with Crippen LogP contribution in [0.3, 0.4) is 0 Å². The van der Waals surface area contributed by atoms with Gasteiger partial charge in [0.25, 0.3) is 0 Å². The smallest absolute Gasteiger partial charge is 0.180 e. The molecule has 694 valence electrons. The van der Waals surface area contributed by atoms with Gasteiger partial charge >= 0.3 is 0 Å². The van der Waals surface area contributed by atoms with Gasteiger partial charge in [-0.1, -0.05) is 139 Å². The number of imidazole rings is 5. The molecule has 0 saturated heterocycles. The fraction of sp³-hybridized carbons (Fsp3) is 0.261. The molecule has 0 amide bonds. The van der Waals surface area contributed by atoms with Crippen LogP contribution in [0.15, 0.2) is 275 Å². The molecule has 0 bridgehead atoms. The van der Waals surface area contributed by atoms with Crippen molar-refractivity contribution in [2.75, 3.05) is 0 Å². The standard InChI is InChI=1S/C23H20ClN3O.C23H20FN3O.2C23H20IN3O.C23H21N3O/c4*1-13-23-21(14(2)28)25-12-27(23)20-10-9-16(15-7-8-15)11-18(20)22(26-13)17-5-3-4-6-19(17)24;1-14-23-21(15(2)27)24-13-26(23)20-11-10-18(16-8-9-16)12-19(20)22(25-14)17-6-4-3-5-7-17/h4*3-6,9-13,15H,7-8H2,1-2H3;3-7,10-14,16H,8-9H2,1-2H3/t4*13-;14-/m11100/s1. The number of carbonyl (C=O) groups is 5. The second-order valence-electron chi connectivity index (χ2n) is 37.8. The lowest BCUT2D eigenvalue weighted by molar-refractivity contribution is 0.0999. The highest BCUT2D eigenvalue weighted by molar-refractivity contribution is 14.1. The largest absolute Gasteiger partial charge is 0.300 e. The van der Waals surface area contributed by atoms with E-state index in [-0.39, 0.29) is 64.9 Å². The van der Waals surface area contributed by atoms with E-state index in [0.717, 1.165) is 130 Å². The van der Waals surface area contributed by atoms with Gasteiger partial charge in [0.15, 0.2) is 28.9 Å². The van der Waals surface area contributed by atoms with E-state index >= 15 is 0 Å². The molecule has 5 saturated carbocycles. The van der Waals surface area contributed by atoms with Crippen molar-refractivity contribution in [1.82, 2.24) is 47.8 Å². The summed E-state index contributed by atoms with van der Waals surface area (Å²) < 4.78 is 27.2.